The average Bonchev–Trinajstić information content (AvgIpc) is 2.79. The molecule has 2 aromatic rings. The zero-order valence-corrected chi connectivity index (χ0v) is 20.7. The minimum Gasteiger partial charge on any atom is -0.372 e. The molecule has 0 aromatic heterocycles. The van der Waals surface area contributed by atoms with Crippen LogP contribution in [-0.4, -0.2) is 44.8 Å². The standard InChI is InChI=1S/C26H35N3O3S/c1-19-17-20(2)25(21(3)18-19)33(31,32)29-15-11-22(12-16-29)26(30)27-23-7-9-24(10-8-23)28-13-5-4-6-14-28/h7-10,17-18,22H,4-6,11-16H2,1-3H3,(H,27,30). The molecule has 0 bridgehead atoms. The number of nitrogens with one attached hydrogen (secondary N) is 1. The Labute approximate surface area is 198 Å². The average molecular weight is 470 g/mol. The second-order valence-corrected chi connectivity index (χ2v) is 11.4. The van der Waals surface area contributed by atoms with E-state index in [0.29, 0.717) is 30.8 Å². The predicted octanol–water partition coefficient (Wildman–Crippen LogP) is 4.64. The number of anilines is 2. The summed E-state index contributed by atoms with van der Waals surface area (Å²) in [4.78, 5) is 15.6. The SMILES string of the molecule is Cc1cc(C)c(S(=O)(=O)N2CCC(C(=O)Nc3ccc(N4CCCCC4)cc3)CC2)c(C)c1. The molecule has 0 saturated carbocycles. The Morgan fingerprint density at radius 1 is 0.879 bits per heavy atom. The summed E-state index contributed by atoms with van der Waals surface area (Å²) in [5, 5.41) is 3.03. The van der Waals surface area contributed by atoms with Crippen molar-refractivity contribution in [3.05, 3.63) is 53.1 Å². The highest BCUT2D eigenvalue weighted by Gasteiger charge is 2.33. The number of amides is 1. The Bertz CT molecular complexity index is 1080. The zero-order chi connectivity index (χ0) is 23.6. The molecule has 2 heterocycles. The highest BCUT2D eigenvalue weighted by molar-refractivity contribution is 7.89. The number of hydrogen-bond donors (Lipinski definition) is 1. The number of hydrogen-bond acceptors (Lipinski definition) is 4. The van der Waals surface area contributed by atoms with Gasteiger partial charge in [-0.05, 0) is 88.3 Å². The topological polar surface area (TPSA) is 69.7 Å². The van der Waals surface area contributed by atoms with Gasteiger partial charge in [0, 0.05) is 43.5 Å². The van der Waals surface area contributed by atoms with Crippen molar-refractivity contribution in [2.45, 2.75) is 57.8 Å². The van der Waals surface area contributed by atoms with Gasteiger partial charge in [-0.3, -0.25) is 4.79 Å². The van der Waals surface area contributed by atoms with E-state index in [4.69, 9.17) is 0 Å². The highest BCUT2D eigenvalue weighted by atomic mass is 32.2. The largest absolute Gasteiger partial charge is 0.372 e. The predicted molar refractivity (Wildman–Crippen MR) is 133 cm³/mol. The molecule has 178 valence electrons. The van der Waals surface area contributed by atoms with E-state index >= 15 is 0 Å². The number of sulfonamides is 1. The molecule has 4 rings (SSSR count). The van der Waals surface area contributed by atoms with Crippen molar-refractivity contribution in [1.82, 2.24) is 4.31 Å². The van der Waals surface area contributed by atoms with Crippen LogP contribution in [0.5, 0.6) is 0 Å². The summed E-state index contributed by atoms with van der Waals surface area (Å²) in [5.74, 6) is -0.209. The van der Waals surface area contributed by atoms with E-state index in [-0.39, 0.29) is 11.8 Å². The summed E-state index contributed by atoms with van der Waals surface area (Å²) in [6.07, 6.45) is 4.82. The molecule has 2 aromatic carbocycles. The number of rotatable bonds is 5. The van der Waals surface area contributed by atoms with Crippen LogP contribution in [0.25, 0.3) is 0 Å². The number of carbonyl (C=O) groups is 1. The summed E-state index contributed by atoms with van der Waals surface area (Å²) in [5.41, 5.74) is 4.61. The van der Waals surface area contributed by atoms with Crippen LogP contribution in [0.3, 0.4) is 0 Å². The van der Waals surface area contributed by atoms with Gasteiger partial charge in [-0.15, -0.1) is 0 Å². The molecular weight excluding hydrogens is 434 g/mol. The van der Waals surface area contributed by atoms with Crippen LogP contribution >= 0.6 is 0 Å². The lowest BCUT2D eigenvalue weighted by Crippen LogP contribution is -2.41. The molecule has 2 aliphatic rings. The Balaban J connectivity index is 1.35. The maximum Gasteiger partial charge on any atom is 0.243 e. The molecule has 1 amide bonds. The van der Waals surface area contributed by atoms with Crippen molar-refractivity contribution in [1.29, 1.82) is 0 Å². The van der Waals surface area contributed by atoms with Crippen molar-refractivity contribution in [2.75, 3.05) is 36.4 Å². The third-order valence-corrected chi connectivity index (χ3v) is 9.09. The number of benzene rings is 2. The fraction of sp³-hybridized carbons (Fsp3) is 0.500. The lowest BCUT2D eigenvalue weighted by Gasteiger charge is -2.31. The molecule has 2 aliphatic heterocycles. The van der Waals surface area contributed by atoms with Crippen LogP contribution in [0.2, 0.25) is 0 Å². The summed E-state index contributed by atoms with van der Waals surface area (Å²) >= 11 is 0. The van der Waals surface area contributed by atoms with E-state index in [1.165, 1.54) is 29.3 Å². The molecule has 2 saturated heterocycles. The van der Waals surface area contributed by atoms with Gasteiger partial charge in [0.1, 0.15) is 0 Å². The quantitative estimate of drug-likeness (QED) is 0.693. The van der Waals surface area contributed by atoms with Crippen LogP contribution in [0, 0.1) is 26.7 Å². The summed E-state index contributed by atoms with van der Waals surface area (Å²) < 4.78 is 28.1. The Morgan fingerprint density at radius 3 is 2.03 bits per heavy atom. The van der Waals surface area contributed by atoms with E-state index in [1.807, 2.05) is 45.0 Å². The lowest BCUT2D eigenvalue weighted by molar-refractivity contribution is -0.120. The van der Waals surface area contributed by atoms with E-state index in [0.717, 1.165) is 35.5 Å². The van der Waals surface area contributed by atoms with Gasteiger partial charge < -0.3 is 10.2 Å². The molecule has 0 aliphatic carbocycles. The maximum atomic E-state index is 13.3. The first-order valence-corrected chi connectivity index (χ1v) is 13.4. The van der Waals surface area contributed by atoms with Crippen molar-refractivity contribution in [3.8, 4) is 0 Å². The van der Waals surface area contributed by atoms with Gasteiger partial charge in [0.2, 0.25) is 15.9 Å². The highest BCUT2D eigenvalue weighted by Crippen LogP contribution is 2.29. The number of carbonyl (C=O) groups excluding carboxylic acids is 1. The minimum absolute atomic E-state index is 0.0273. The molecule has 6 nitrogen and oxygen atoms in total. The normalized spacial score (nSPS) is 18.3. The second kappa shape index (κ2) is 9.85. The van der Waals surface area contributed by atoms with Crippen LogP contribution in [0.15, 0.2) is 41.3 Å². The fourth-order valence-corrected chi connectivity index (χ4v) is 7.09. The summed E-state index contributed by atoms with van der Waals surface area (Å²) in [6.45, 7) is 8.58. The second-order valence-electron chi connectivity index (χ2n) is 9.49. The molecule has 0 atom stereocenters. The lowest BCUT2D eigenvalue weighted by atomic mass is 9.97. The molecule has 0 radical (unpaired) electrons. The number of nitrogens with zero attached hydrogens (tertiary/aromatic N) is 2. The fourth-order valence-electron chi connectivity index (χ4n) is 5.21. The van der Waals surface area contributed by atoms with E-state index < -0.39 is 10.0 Å². The molecule has 0 unspecified atom stereocenters. The zero-order valence-electron chi connectivity index (χ0n) is 19.9. The number of aryl methyl sites for hydroxylation is 3. The van der Waals surface area contributed by atoms with Gasteiger partial charge in [0.05, 0.1) is 4.90 Å². The van der Waals surface area contributed by atoms with Gasteiger partial charge in [0.25, 0.3) is 0 Å². The van der Waals surface area contributed by atoms with E-state index in [1.54, 1.807) is 0 Å². The van der Waals surface area contributed by atoms with Crippen molar-refractivity contribution in [2.24, 2.45) is 5.92 Å². The van der Waals surface area contributed by atoms with Crippen molar-refractivity contribution < 1.29 is 13.2 Å². The Hall–Kier alpha value is -2.38. The summed E-state index contributed by atoms with van der Waals surface area (Å²) in [7, 11) is -3.57. The minimum atomic E-state index is -3.57. The first-order valence-electron chi connectivity index (χ1n) is 12.0. The maximum absolute atomic E-state index is 13.3. The first-order chi connectivity index (χ1) is 15.8. The van der Waals surface area contributed by atoms with Gasteiger partial charge in [-0.1, -0.05) is 17.7 Å². The first kappa shape index (κ1) is 23.8. The molecule has 1 N–H and O–H groups in total. The third-order valence-electron chi connectivity index (χ3n) is 6.88. The Morgan fingerprint density at radius 2 is 1.45 bits per heavy atom. The van der Waals surface area contributed by atoms with Gasteiger partial charge >= 0.3 is 0 Å². The molecule has 7 heteroatoms. The van der Waals surface area contributed by atoms with E-state index in [2.05, 4.69) is 22.3 Å². The Kier molecular flexibility index (Phi) is 7.10. The third kappa shape index (κ3) is 5.25. The number of piperidine rings is 2. The van der Waals surface area contributed by atoms with Crippen molar-refractivity contribution in [3.63, 3.8) is 0 Å². The van der Waals surface area contributed by atoms with Gasteiger partial charge in [0.15, 0.2) is 0 Å². The molecule has 0 spiro atoms. The van der Waals surface area contributed by atoms with Crippen LogP contribution < -0.4 is 10.2 Å². The van der Waals surface area contributed by atoms with Crippen LogP contribution in [0.1, 0.15) is 48.8 Å². The van der Waals surface area contributed by atoms with Gasteiger partial charge in [-0.2, -0.15) is 4.31 Å². The van der Waals surface area contributed by atoms with Gasteiger partial charge in [-0.25, -0.2) is 8.42 Å². The smallest absolute Gasteiger partial charge is 0.243 e. The molecule has 2 fully saturated rings. The van der Waals surface area contributed by atoms with E-state index in [9.17, 15) is 13.2 Å². The van der Waals surface area contributed by atoms with Crippen LogP contribution in [-0.2, 0) is 14.8 Å². The summed E-state index contributed by atoms with van der Waals surface area (Å²) in [6, 6.07) is 11.9. The van der Waals surface area contributed by atoms with Crippen molar-refractivity contribution >= 4 is 27.3 Å². The molecule has 33 heavy (non-hydrogen) atoms. The monoisotopic (exact) mass is 469 g/mol. The van der Waals surface area contributed by atoms with Crippen LogP contribution in [0.4, 0.5) is 11.4 Å². The molecular formula is C26H35N3O3S.